The monoisotopic (exact) mass is 594 g/mol. The lowest BCUT2D eigenvalue weighted by Crippen LogP contribution is -2.61. The van der Waals surface area contributed by atoms with Gasteiger partial charge in [-0.05, 0) is 18.9 Å². The zero-order valence-corrected chi connectivity index (χ0v) is 23.2. The van der Waals surface area contributed by atoms with Crippen LogP contribution < -0.4 is 15.0 Å². The van der Waals surface area contributed by atoms with Crippen molar-refractivity contribution in [2.75, 3.05) is 48.4 Å². The Balaban J connectivity index is 1.39. The minimum atomic E-state index is -4.85. The Kier molecular flexibility index (Phi) is 7.52. The highest BCUT2D eigenvalue weighted by Gasteiger charge is 2.46. The second-order valence-corrected chi connectivity index (χ2v) is 12.7. The topological polar surface area (TPSA) is 135 Å². The van der Waals surface area contributed by atoms with E-state index < -0.39 is 21.9 Å². The summed E-state index contributed by atoms with van der Waals surface area (Å²) >= 11 is 0. The minimum Gasteiger partial charge on any atom is -0.406 e. The van der Waals surface area contributed by atoms with Gasteiger partial charge in [0.1, 0.15) is 33.0 Å². The van der Waals surface area contributed by atoms with E-state index in [1.165, 1.54) is 17.1 Å². The number of carbonyl (C=O) groups is 1. The van der Waals surface area contributed by atoms with Crippen LogP contribution in [-0.4, -0.2) is 88.5 Å². The fourth-order valence-corrected chi connectivity index (χ4v) is 5.51. The summed E-state index contributed by atoms with van der Waals surface area (Å²) < 4.78 is 66.7. The molecule has 3 aromatic rings. The molecule has 3 aromatic heterocycles. The van der Waals surface area contributed by atoms with Crippen LogP contribution in [0.5, 0.6) is 5.75 Å². The van der Waals surface area contributed by atoms with Crippen molar-refractivity contribution < 1.29 is 31.1 Å². The molecule has 5 heterocycles. The first-order valence-corrected chi connectivity index (χ1v) is 14.9. The third kappa shape index (κ3) is 7.23. The third-order valence-corrected chi connectivity index (χ3v) is 8.09. The van der Waals surface area contributed by atoms with Crippen LogP contribution in [0, 0.1) is 5.41 Å². The summed E-state index contributed by atoms with van der Waals surface area (Å²) in [5.41, 5.74) is 0.613. The highest BCUT2D eigenvalue weighted by Crippen LogP contribution is 2.43. The number of likely N-dealkylation sites (tertiary alicyclic amines) is 1. The molecule has 1 N–H and O–H groups in total. The van der Waals surface area contributed by atoms with E-state index in [1.54, 1.807) is 19.2 Å². The molecule has 0 unspecified atom stereocenters. The number of nitrogens with zero attached hydrogens (tertiary/aromatic N) is 7. The average molecular weight is 595 g/mol. The van der Waals surface area contributed by atoms with Gasteiger partial charge in [-0.2, -0.15) is 5.10 Å². The molecule has 0 atom stereocenters. The third-order valence-electron chi connectivity index (χ3n) is 7.16. The molecule has 16 heteroatoms. The SMILES string of the molecule is CC(=O)N1CCC2(CC1)CN(c1cc(Nc3cc(OC(F)(F)F)ccn3)nc(-c3cnn(CCS(C)(=O)=O)c3)n1)C2. The summed E-state index contributed by atoms with van der Waals surface area (Å²) in [5, 5.41) is 7.16. The first-order valence-electron chi connectivity index (χ1n) is 12.8. The van der Waals surface area contributed by atoms with Gasteiger partial charge >= 0.3 is 6.36 Å². The zero-order valence-electron chi connectivity index (χ0n) is 22.4. The minimum absolute atomic E-state index is 0.0718. The number of nitrogens with one attached hydrogen (secondary N) is 1. The van der Waals surface area contributed by atoms with Crippen molar-refractivity contribution in [2.24, 2.45) is 5.41 Å². The summed E-state index contributed by atoms with van der Waals surface area (Å²) in [6.45, 7) is 4.61. The number of hydrogen-bond acceptors (Lipinski definition) is 10. The van der Waals surface area contributed by atoms with Crippen molar-refractivity contribution in [3.63, 3.8) is 0 Å². The molecule has 0 radical (unpaired) electrons. The Bertz CT molecular complexity index is 1530. The van der Waals surface area contributed by atoms with E-state index in [0.717, 1.165) is 44.3 Å². The van der Waals surface area contributed by atoms with Crippen LogP contribution in [0.1, 0.15) is 19.8 Å². The first-order chi connectivity index (χ1) is 19.3. The van der Waals surface area contributed by atoms with Gasteiger partial charge in [0.15, 0.2) is 5.82 Å². The normalized spacial score (nSPS) is 16.9. The number of hydrogen-bond donors (Lipinski definition) is 1. The molecule has 2 aliphatic rings. The Morgan fingerprint density at radius 3 is 2.54 bits per heavy atom. The van der Waals surface area contributed by atoms with Crippen molar-refractivity contribution in [3.8, 4) is 17.1 Å². The van der Waals surface area contributed by atoms with E-state index >= 15 is 0 Å². The summed E-state index contributed by atoms with van der Waals surface area (Å²) in [5.74, 6) is 0.830. The van der Waals surface area contributed by atoms with Gasteiger partial charge in [0, 0.05) is 69.3 Å². The molecule has 1 amide bonds. The van der Waals surface area contributed by atoms with Crippen molar-refractivity contribution in [3.05, 3.63) is 36.8 Å². The van der Waals surface area contributed by atoms with Gasteiger partial charge in [-0.15, -0.1) is 13.2 Å². The van der Waals surface area contributed by atoms with E-state index in [9.17, 15) is 26.4 Å². The second-order valence-electron chi connectivity index (χ2n) is 10.5. The number of piperidine rings is 1. The number of halogens is 3. The zero-order chi connectivity index (χ0) is 29.4. The van der Waals surface area contributed by atoms with E-state index in [-0.39, 0.29) is 35.3 Å². The highest BCUT2D eigenvalue weighted by atomic mass is 32.2. The molecule has 1 spiro atoms. The van der Waals surface area contributed by atoms with Gasteiger partial charge in [-0.25, -0.2) is 23.4 Å². The predicted octanol–water partition coefficient (Wildman–Crippen LogP) is 2.87. The van der Waals surface area contributed by atoms with E-state index in [2.05, 4.69) is 30.0 Å². The van der Waals surface area contributed by atoms with Gasteiger partial charge < -0.3 is 19.9 Å². The number of alkyl halides is 3. The Hall–Kier alpha value is -3.95. The quantitative estimate of drug-likeness (QED) is 0.415. The molecule has 0 bridgehead atoms. The predicted molar refractivity (Wildman–Crippen MR) is 143 cm³/mol. The van der Waals surface area contributed by atoms with Gasteiger partial charge in [0.2, 0.25) is 5.91 Å². The standard InChI is InChI=1S/C25H29F3N8O4S/c1-17(37)34-7-4-24(5-8-34)15-35(16-24)22-12-21(31-20-11-19(3-6-29-20)40-25(26,27)28)32-23(33-22)18-13-30-36(14-18)9-10-41(2,38)39/h3,6,11-14H,4-5,7-10,15-16H2,1-2H3,(H,29,31,32,33). The molecule has 0 aromatic carbocycles. The van der Waals surface area contributed by atoms with Crippen LogP contribution in [0.4, 0.5) is 30.6 Å². The van der Waals surface area contributed by atoms with Crippen LogP contribution in [0.15, 0.2) is 36.8 Å². The molecule has 2 saturated heterocycles. The first kappa shape index (κ1) is 28.6. The van der Waals surface area contributed by atoms with Crippen molar-refractivity contribution in [1.29, 1.82) is 0 Å². The Labute approximate surface area is 234 Å². The maximum absolute atomic E-state index is 12.7. The Morgan fingerprint density at radius 2 is 1.88 bits per heavy atom. The van der Waals surface area contributed by atoms with Crippen LogP contribution >= 0.6 is 0 Å². The molecular weight excluding hydrogens is 565 g/mol. The van der Waals surface area contributed by atoms with Gasteiger partial charge in [-0.3, -0.25) is 9.48 Å². The number of anilines is 3. The number of sulfone groups is 1. The fourth-order valence-electron chi connectivity index (χ4n) is 5.00. The van der Waals surface area contributed by atoms with Gasteiger partial charge in [0.05, 0.1) is 24.1 Å². The van der Waals surface area contributed by atoms with Crippen molar-refractivity contribution >= 4 is 33.2 Å². The summed E-state index contributed by atoms with van der Waals surface area (Å²) in [6, 6.07) is 3.89. The number of ether oxygens (including phenoxy) is 1. The molecular formula is C25H29F3N8O4S. The second kappa shape index (κ2) is 10.8. The lowest BCUT2D eigenvalue weighted by atomic mass is 9.72. The molecule has 12 nitrogen and oxygen atoms in total. The number of carbonyl (C=O) groups excluding carboxylic acids is 1. The molecule has 0 saturated carbocycles. The molecule has 5 rings (SSSR count). The smallest absolute Gasteiger partial charge is 0.406 e. The molecule has 2 fully saturated rings. The van der Waals surface area contributed by atoms with Gasteiger partial charge in [0.25, 0.3) is 0 Å². The van der Waals surface area contributed by atoms with Gasteiger partial charge in [-0.1, -0.05) is 0 Å². The summed E-state index contributed by atoms with van der Waals surface area (Å²) in [6.07, 6.45) is 2.41. The summed E-state index contributed by atoms with van der Waals surface area (Å²) in [4.78, 5) is 29.0. The highest BCUT2D eigenvalue weighted by molar-refractivity contribution is 7.90. The van der Waals surface area contributed by atoms with Crippen molar-refractivity contribution in [2.45, 2.75) is 32.7 Å². The lowest BCUT2D eigenvalue weighted by molar-refractivity contribution is -0.274. The van der Waals surface area contributed by atoms with Crippen LogP contribution in [0.25, 0.3) is 11.4 Å². The number of rotatable bonds is 8. The maximum atomic E-state index is 12.7. The number of amides is 1. The van der Waals surface area contributed by atoms with Crippen LogP contribution in [-0.2, 0) is 21.2 Å². The van der Waals surface area contributed by atoms with E-state index in [1.807, 2.05) is 4.90 Å². The van der Waals surface area contributed by atoms with E-state index in [4.69, 9.17) is 4.98 Å². The largest absolute Gasteiger partial charge is 0.573 e. The molecule has 0 aliphatic carbocycles. The van der Waals surface area contributed by atoms with Crippen LogP contribution in [0.2, 0.25) is 0 Å². The molecule has 41 heavy (non-hydrogen) atoms. The molecule has 2 aliphatic heterocycles. The summed E-state index contributed by atoms with van der Waals surface area (Å²) in [7, 11) is -3.19. The fraction of sp³-hybridized carbons (Fsp3) is 0.480. The lowest BCUT2D eigenvalue weighted by Gasteiger charge is -2.54. The average Bonchev–Trinajstić information content (AvgIpc) is 3.34. The number of aryl methyl sites for hydroxylation is 1. The number of aromatic nitrogens is 5. The maximum Gasteiger partial charge on any atom is 0.573 e. The molecule has 220 valence electrons. The van der Waals surface area contributed by atoms with E-state index in [0.29, 0.717) is 30.3 Å². The van der Waals surface area contributed by atoms with Crippen LogP contribution in [0.3, 0.4) is 0 Å². The number of pyridine rings is 1. The van der Waals surface area contributed by atoms with Crippen molar-refractivity contribution in [1.82, 2.24) is 29.6 Å². The Morgan fingerprint density at radius 1 is 1.15 bits per heavy atom.